The summed E-state index contributed by atoms with van der Waals surface area (Å²) in [6.07, 6.45) is 3.54. The molecule has 8 nitrogen and oxygen atoms in total. The Hall–Kier alpha value is -0.290. The van der Waals surface area contributed by atoms with Crippen molar-refractivity contribution in [3.8, 4) is 0 Å². The Kier molecular flexibility index (Phi) is 16.0. The minimum atomic E-state index is -4.39. The van der Waals surface area contributed by atoms with Crippen LogP contribution in [0.3, 0.4) is 0 Å². The predicted octanol–water partition coefficient (Wildman–Crippen LogP) is 1.70. The standard InChI is InChI=1S/C15H32O8S/c1-3-5-15(4-2)14-22-11-10-20-7-6-19-8-9-21-12-13-23-24(16,17)18/h15H,3-14H2,1-2H3,(H,16,17,18). The monoisotopic (exact) mass is 372 g/mol. The minimum absolute atomic E-state index is 0.0633. The van der Waals surface area contributed by atoms with Crippen molar-refractivity contribution < 1.29 is 36.1 Å². The third-order valence-electron chi connectivity index (χ3n) is 3.20. The van der Waals surface area contributed by atoms with E-state index in [2.05, 4.69) is 18.0 Å². The fourth-order valence-electron chi connectivity index (χ4n) is 1.92. The van der Waals surface area contributed by atoms with Gasteiger partial charge in [0.15, 0.2) is 0 Å². The molecule has 0 rings (SSSR count). The van der Waals surface area contributed by atoms with Crippen LogP contribution in [0.5, 0.6) is 0 Å². The van der Waals surface area contributed by atoms with E-state index in [0.29, 0.717) is 45.6 Å². The van der Waals surface area contributed by atoms with E-state index in [1.807, 2.05) is 0 Å². The van der Waals surface area contributed by atoms with Crippen LogP contribution in [0, 0.1) is 5.92 Å². The van der Waals surface area contributed by atoms with Gasteiger partial charge in [-0.15, -0.1) is 0 Å². The van der Waals surface area contributed by atoms with Crippen LogP contribution in [0.1, 0.15) is 33.1 Å². The SMILES string of the molecule is CCCC(CC)COCCOCCOCCOCCOS(=O)(=O)O. The molecule has 0 fully saturated rings. The van der Waals surface area contributed by atoms with Crippen LogP contribution >= 0.6 is 0 Å². The van der Waals surface area contributed by atoms with Crippen LogP contribution in [0.15, 0.2) is 0 Å². The van der Waals surface area contributed by atoms with Crippen molar-refractivity contribution in [3.05, 3.63) is 0 Å². The summed E-state index contributed by atoms with van der Waals surface area (Å²) in [6, 6.07) is 0. The Labute approximate surface area is 145 Å². The van der Waals surface area contributed by atoms with Crippen molar-refractivity contribution >= 4 is 10.4 Å². The Balaban J connectivity index is 3.18. The third-order valence-corrected chi connectivity index (χ3v) is 3.67. The Morgan fingerprint density at radius 2 is 1.25 bits per heavy atom. The molecule has 0 saturated carbocycles. The molecule has 24 heavy (non-hydrogen) atoms. The van der Waals surface area contributed by atoms with Crippen LogP contribution in [0.2, 0.25) is 0 Å². The Bertz CT molecular complexity index is 360. The van der Waals surface area contributed by atoms with Crippen molar-refractivity contribution in [1.82, 2.24) is 0 Å². The number of hydrogen-bond donors (Lipinski definition) is 1. The highest BCUT2D eigenvalue weighted by molar-refractivity contribution is 7.80. The van der Waals surface area contributed by atoms with E-state index < -0.39 is 10.4 Å². The molecule has 0 saturated heterocycles. The summed E-state index contributed by atoms with van der Waals surface area (Å²) in [6.45, 7) is 7.78. The number of rotatable bonds is 18. The maximum atomic E-state index is 10.2. The minimum Gasteiger partial charge on any atom is -0.379 e. The first kappa shape index (κ1) is 23.7. The average Bonchev–Trinajstić information content (AvgIpc) is 2.53. The number of hydrogen-bond acceptors (Lipinski definition) is 7. The topological polar surface area (TPSA) is 101 Å². The Morgan fingerprint density at radius 3 is 1.67 bits per heavy atom. The summed E-state index contributed by atoms with van der Waals surface area (Å²) in [5.41, 5.74) is 0. The zero-order valence-corrected chi connectivity index (χ0v) is 15.6. The molecule has 0 aromatic carbocycles. The molecule has 146 valence electrons. The van der Waals surface area contributed by atoms with E-state index in [4.69, 9.17) is 23.5 Å². The van der Waals surface area contributed by atoms with E-state index in [0.717, 1.165) is 13.0 Å². The molecule has 0 aromatic heterocycles. The van der Waals surface area contributed by atoms with Crippen LogP contribution < -0.4 is 0 Å². The molecule has 0 amide bonds. The van der Waals surface area contributed by atoms with Crippen LogP contribution in [0.4, 0.5) is 0 Å². The van der Waals surface area contributed by atoms with Crippen molar-refractivity contribution in [2.75, 3.05) is 59.5 Å². The molecular formula is C15H32O8S. The van der Waals surface area contributed by atoms with E-state index >= 15 is 0 Å². The molecule has 0 heterocycles. The summed E-state index contributed by atoms with van der Waals surface area (Å²) >= 11 is 0. The fourth-order valence-corrected chi connectivity index (χ4v) is 2.20. The van der Waals surface area contributed by atoms with Gasteiger partial charge in [-0.3, -0.25) is 4.55 Å². The lowest BCUT2D eigenvalue weighted by atomic mass is 10.0. The van der Waals surface area contributed by atoms with Gasteiger partial charge in [0.2, 0.25) is 0 Å². The van der Waals surface area contributed by atoms with Gasteiger partial charge in [-0.2, -0.15) is 8.42 Å². The molecule has 1 unspecified atom stereocenters. The summed E-state index contributed by atoms with van der Waals surface area (Å²) < 4.78 is 54.2. The van der Waals surface area contributed by atoms with Gasteiger partial charge >= 0.3 is 10.4 Å². The lowest BCUT2D eigenvalue weighted by Gasteiger charge is -2.14. The highest BCUT2D eigenvalue weighted by Gasteiger charge is 2.04. The first-order chi connectivity index (χ1) is 11.5. The second-order valence-corrected chi connectivity index (χ2v) is 6.32. The van der Waals surface area contributed by atoms with Crippen molar-refractivity contribution in [2.45, 2.75) is 33.1 Å². The summed E-state index contributed by atoms with van der Waals surface area (Å²) in [5.74, 6) is 0.640. The molecule has 9 heteroatoms. The highest BCUT2D eigenvalue weighted by Crippen LogP contribution is 2.10. The normalized spacial score (nSPS) is 13.3. The Morgan fingerprint density at radius 1 is 0.792 bits per heavy atom. The van der Waals surface area contributed by atoms with E-state index in [1.54, 1.807) is 0 Å². The third kappa shape index (κ3) is 18.1. The van der Waals surface area contributed by atoms with Gasteiger partial charge in [0.25, 0.3) is 0 Å². The summed E-state index contributed by atoms with van der Waals surface area (Å²) in [4.78, 5) is 0. The van der Waals surface area contributed by atoms with Crippen molar-refractivity contribution in [3.63, 3.8) is 0 Å². The van der Waals surface area contributed by atoms with Gasteiger partial charge in [-0.25, -0.2) is 4.18 Å². The summed E-state index contributed by atoms with van der Waals surface area (Å²) in [7, 11) is -4.39. The van der Waals surface area contributed by atoms with Gasteiger partial charge in [-0.05, 0) is 12.3 Å². The molecule has 0 aliphatic rings. The second-order valence-electron chi connectivity index (χ2n) is 5.22. The zero-order chi connectivity index (χ0) is 18.1. The molecule has 1 N–H and O–H groups in total. The molecule has 0 bridgehead atoms. The molecule has 0 aliphatic heterocycles. The maximum absolute atomic E-state index is 10.2. The van der Waals surface area contributed by atoms with Gasteiger partial charge in [-0.1, -0.05) is 26.7 Å². The quantitative estimate of drug-likeness (QED) is 0.287. The lowest BCUT2D eigenvalue weighted by Crippen LogP contribution is -2.15. The molecule has 1 atom stereocenters. The molecule has 0 aliphatic carbocycles. The second kappa shape index (κ2) is 16.2. The van der Waals surface area contributed by atoms with Gasteiger partial charge in [0.05, 0.1) is 52.9 Å². The van der Waals surface area contributed by atoms with E-state index in [9.17, 15) is 8.42 Å². The molecular weight excluding hydrogens is 340 g/mol. The average molecular weight is 372 g/mol. The van der Waals surface area contributed by atoms with Crippen molar-refractivity contribution in [1.29, 1.82) is 0 Å². The maximum Gasteiger partial charge on any atom is 0.397 e. The van der Waals surface area contributed by atoms with E-state index in [1.165, 1.54) is 12.8 Å². The van der Waals surface area contributed by atoms with Crippen LogP contribution in [0.25, 0.3) is 0 Å². The first-order valence-electron chi connectivity index (χ1n) is 8.42. The summed E-state index contributed by atoms with van der Waals surface area (Å²) in [5, 5.41) is 0. The zero-order valence-electron chi connectivity index (χ0n) is 14.8. The van der Waals surface area contributed by atoms with Gasteiger partial charge in [0.1, 0.15) is 0 Å². The highest BCUT2D eigenvalue weighted by atomic mass is 32.3. The fraction of sp³-hybridized carbons (Fsp3) is 1.00. The van der Waals surface area contributed by atoms with Gasteiger partial charge < -0.3 is 18.9 Å². The smallest absolute Gasteiger partial charge is 0.379 e. The number of ether oxygens (including phenoxy) is 4. The molecule has 0 aromatic rings. The lowest BCUT2D eigenvalue weighted by molar-refractivity contribution is -0.00876. The molecule has 0 spiro atoms. The predicted molar refractivity (Wildman–Crippen MR) is 89.5 cm³/mol. The van der Waals surface area contributed by atoms with E-state index in [-0.39, 0.29) is 13.2 Å². The van der Waals surface area contributed by atoms with Crippen LogP contribution in [-0.2, 0) is 33.5 Å². The van der Waals surface area contributed by atoms with Gasteiger partial charge in [0, 0.05) is 6.61 Å². The first-order valence-corrected chi connectivity index (χ1v) is 9.78. The molecule has 0 radical (unpaired) electrons. The van der Waals surface area contributed by atoms with Crippen LogP contribution in [-0.4, -0.2) is 72.4 Å². The largest absolute Gasteiger partial charge is 0.397 e. The van der Waals surface area contributed by atoms with Crippen molar-refractivity contribution in [2.24, 2.45) is 5.92 Å².